The van der Waals surface area contributed by atoms with Gasteiger partial charge in [0.25, 0.3) is 0 Å². The van der Waals surface area contributed by atoms with Gasteiger partial charge >= 0.3 is 0 Å². The molecule has 2 rings (SSSR count). The van der Waals surface area contributed by atoms with Gasteiger partial charge in [0, 0.05) is 0 Å². The number of rotatable bonds is 9. The Morgan fingerprint density at radius 1 is 0.647 bits per heavy atom. The Morgan fingerprint density at radius 3 is 1.21 bits per heavy atom. The largest absolute Gasteiger partial charge is 0.491 e. The fourth-order valence-corrected chi connectivity index (χ4v) is 2.86. The van der Waals surface area contributed by atoms with Crippen molar-refractivity contribution in [2.45, 2.75) is 26.1 Å². The molecular weight excluding hydrogens is 432 g/mol. The van der Waals surface area contributed by atoms with Crippen LogP contribution in [0.3, 0.4) is 0 Å². The summed E-state index contributed by atoms with van der Waals surface area (Å²) in [6.07, 6.45) is -2.41. The molecule has 170 valence electrons. The molecule has 0 aliphatic carbocycles. The van der Waals surface area contributed by atoms with Crippen LogP contribution < -0.4 is 9.47 Å². The van der Waals surface area contributed by atoms with Gasteiger partial charge in [0.15, 0.2) is 0 Å². The molecule has 0 saturated heterocycles. The Kier molecular flexibility index (Phi) is 9.39. The third-order valence-corrected chi connectivity index (χ3v) is 5.06. The molecule has 34 heavy (non-hydrogen) atoms. The Morgan fingerprint density at radius 2 is 0.941 bits per heavy atom. The highest BCUT2D eigenvalue weighted by atomic mass is 16.5. The smallest absolute Gasteiger partial charge is 0.133 e. The number of hydrogen-bond donors (Lipinski definition) is 2. The Bertz CT molecular complexity index is 1100. The van der Waals surface area contributed by atoms with Crippen LogP contribution in [0.4, 0.5) is 0 Å². The molecule has 8 nitrogen and oxygen atoms in total. The molecule has 0 radical (unpaired) electrons. The predicted octanol–water partition coefficient (Wildman–Crippen LogP) is 3.51. The average molecular weight is 454 g/mol. The van der Waals surface area contributed by atoms with Gasteiger partial charge in [0.05, 0.1) is 0 Å². The van der Waals surface area contributed by atoms with Crippen LogP contribution in [-0.2, 0) is 0 Å². The highest BCUT2D eigenvalue weighted by molar-refractivity contribution is 5.74. The van der Waals surface area contributed by atoms with Crippen LogP contribution in [0, 0.1) is 45.3 Å². The fraction of sp³-hybridized carbons (Fsp3) is 0.231. The number of nitriles is 4. The summed E-state index contributed by atoms with van der Waals surface area (Å²) in [5.41, 5.74) is 2.57. The van der Waals surface area contributed by atoms with Crippen LogP contribution in [0.5, 0.6) is 11.5 Å². The van der Waals surface area contributed by atoms with Crippen molar-refractivity contribution >= 4 is 11.1 Å². The van der Waals surface area contributed by atoms with E-state index in [1.807, 2.05) is 24.3 Å². The molecule has 2 aromatic rings. The van der Waals surface area contributed by atoms with Crippen molar-refractivity contribution in [3.63, 3.8) is 0 Å². The monoisotopic (exact) mass is 454 g/mol. The molecule has 0 aromatic heterocycles. The van der Waals surface area contributed by atoms with Gasteiger partial charge in [-0.05, 0) is 60.4 Å². The van der Waals surface area contributed by atoms with Gasteiger partial charge in [-0.1, -0.05) is 24.3 Å². The molecule has 2 unspecified atom stereocenters. The summed E-state index contributed by atoms with van der Waals surface area (Å²) in [5.74, 6) is 0.902. The van der Waals surface area contributed by atoms with Crippen LogP contribution >= 0.6 is 0 Å². The molecule has 8 heteroatoms. The second-order valence-corrected chi connectivity index (χ2v) is 7.25. The summed E-state index contributed by atoms with van der Waals surface area (Å²) in [4.78, 5) is 0. The van der Waals surface area contributed by atoms with Crippen molar-refractivity contribution < 1.29 is 19.7 Å². The van der Waals surface area contributed by atoms with Gasteiger partial charge in [0.2, 0.25) is 0 Å². The third-order valence-electron chi connectivity index (χ3n) is 5.06. The number of ether oxygens (including phenoxy) is 2. The summed E-state index contributed by atoms with van der Waals surface area (Å²) in [6.45, 7) is 3.01. The zero-order chi connectivity index (χ0) is 25.1. The summed E-state index contributed by atoms with van der Waals surface area (Å²) >= 11 is 0. The van der Waals surface area contributed by atoms with Crippen molar-refractivity contribution in [3.8, 4) is 35.8 Å². The lowest BCUT2D eigenvalue weighted by Crippen LogP contribution is -2.36. The van der Waals surface area contributed by atoms with Crippen molar-refractivity contribution in [1.29, 1.82) is 21.0 Å². The Hall–Kier alpha value is -4.60. The van der Waals surface area contributed by atoms with Gasteiger partial charge in [-0.3, -0.25) is 0 Å². The van der Waals surface area contributed by atoms with Crippen molar-refractivity contribution in [1.82, 2.24) is 0 Å². The maximum absolute atomic E-state index is 10.2. The highest BCUT2D eigenvalue weighted by Crippen LogP contribution is 2.22. The number of benzene rings is 2. The second kappa shape index (κ2) is 12.4. The number of allylic oxidation sites excluding steroid dienone is 4. The number of hydrogen-bond acceptors (Lipinski definition) is 8. The van der Waals surface area contributed by atoms with Gasteiger partial charge in [-0.2, -0.15) is 21.0 Å². The summed E-state index contributed by atoms with van der Waals surface area (Å²) in [7, 11) is 0. The Balaban J connectivity index is 1.89. The number of nitrogens with zero attached hydrogens (tertiary/aromatic N) is 4. The van der Waals surface area contributed by atoms with Crippen LogP contribution in [0.15, 0.2) is 59.7 Å². The third kappa shape index (κ3) is 6.70. The van der Waals surface area contributed by atoms with E-state index in [9.17, 15) is 10.2 Å². The van der Waals surface area contributed by atoms with E-state index in [-0.39, 0.29) is 24.4 Å². The SMILES string of the molecule is CC(=C(C#N)C#N)c1ccc(OCC(O)C(O)COc2ccc(C(C)=C(C#N)C#N)cc2)cc1. The zero-order valence-electron chi connectivity index (χ0n) is 18.7. The highest BCUT2D eigenvalue weighted by Gasteiger charge is 2.18. The molecule has 2 N–H and O–H groups in total. The molecule has 0 heterocycles. The minimum absolute atomic E-state index is 0.0301. The van der Waals surface area contributed by atoms with E-state index in [4.69, 9.17) is 30.5 Å². The van der Waals surface area contributed by atoms with E-state index >= 15 is 0 Å². The fourth-order valence-electron chi connectivity index (χ4n) is 2.86. The molecule has 0 spiro atoms. The van der Waals surface area contributed by atoms with E-state index in [0.29, 0.717) is 33.8 Å². The van der Waals surface area contributed by atoms with Crippen molar-refractivity contribution in [3.05, 3.63) is 70.8 Å². The van der Waals surface area contributed by atoms with Gasteiger partial charge in [-0.15, -0.1) is 0 Å². The molecule has 2 aromatic carbocycles. The maximum Gasteiger partial charge on any atom is 0.133 e. The van der Waals surface area contributed by atoms with Crippen molar-refractivity contribution in [2.75, 3.05) is 13.2 Å². The Labute approximate surface area is 198 Å². The van der Waals surface area contributed by atoms with Crippen molar-refractivity contribution in [2.24, 2.45) is 0 Å². The first kappa shape index (κ1) is 25.7. The molecule has 0 aliphatic heterocycles. The topological polar surface area (TPSA) is 154 Å². The van der Waals surface area contributed by atoms with E-state index in [1.165, 1.54) is 0 Å². The van der Waals surface area contributed by atoms with Crippen LogP contribution in [0.1, 0.15) is 25.0 Å². The lowest BCUT2D eigenvalue weighted by atomic mass is 10.0. The minimum Gasteiger partial charge on any atom is -0.491 e. The molecule has 0 fully saturated rings. The molecule has 2 atom stereocenters. The summed E-state index contributed by atoms with van der Waals surface area (Å²) in [6, 6.07) is 20.7. The van der Waals surface area contributed by atoms with E-state index in [1.54, 1.807) is 62.4 Å². The lowest BCUT2D eigenvalue weighted by Gasteiger charge is -2.19. The predicted molar refractivity (Wildman–Crippen MR) is 124 cm³/mol. The van der Waals surface area contributed by atoms with Gasteiger partial charge in [-0.25, -0.2) is 0 Å². The first-order valence-corrected chi connectivity index (χ1v) is 10.2. The van der Waals surface area contributed by atoms with Crippen LogP contribution in [0.2, 0.25) is 0 Å². The normalized spacial score (nSPS) is 11.4. The second-order valence-electron chi connectivity index (χ2n) is 7.25. The standard InChI is InChI=1S/C26H22N4O4/c1-17(21(11-27)12-28)19-3-7-23(8-4-19)33-15-25(31)26(32)16-34-24-9-5-20(6-10-24)18(2)22(13-29)14-30/h3-10,25-26,31-32H,15-16H2,1-2H3. The number of aliphatic hydroxyl groups is 2. The zero-order valence-corrected chi connectivity index (χ0v) is 18.7. The quantitative estimate of drug-likeness (QED) is 0.546. The summed E-state index contributed by atoms with van der Waals surface area (Å²) < 4.78 is 11.0. The maximum atomic E-state index is 10.2. The van der Waals surface area contributed by atoms with Crippen LogP contribution in [-0.4, -0.2) is 35.6 Å². The number of aliphatic hydroxyl groups excluding tert-OH is 2. The minimum atomic E-state index is -1.21. The first-order valence-electron chi connectivity index (χ1n) is 10.2. The molecule has 0 amide bonds. The molecular formula is C26H22N4O4. The van der Waals surface area contributed by atoms with E-state index < -0.39 is 12.2 Å². The van der Waals surface area contributed by atoms with E-state index in [0.717, 1.165) is 0 Å². The molecule has 0 saturated carbocycles. The van der Waals surface area contributed by atoms with Crippen LogP contribution in [0.25, 0.3) is 11.1 Å². The van der Waals surface area contributed by atoms with Gasteiger partial charge < -0.3 is 19.7 Å². The average Bonchev–Trinajstić information content (AvgIpc) is 2.87. The molecule has 0 bridgehead atoms. The van der Waals surface area contributed by atoms with E-state index in [2.05, 4.69) is 0 Å². The first-order chi connectivity index (χ1) is 16.3. The molecule has 0 aliphatic rings. The summed E-state index contributed by atoms with van der Waals surface area (Å²) in [5, 5.41) is 56.2. The van der Waals surface area contributed by atoms with Gasteiger partial charge in [0.1, 0.15) is 72.3 Å². The lowest BCUT2D eigenvalue weighted by molar-refractivity contribution is -0.0288.